The van der Waals surface area contributed by atoms with E-state index < -0.39 is 0 Å². The van der Waals surface area contributed by atoms with Gasteiger partial charge in [-0.3, -0.25) is 4.40 Å². The molecule has 3 heterocycles. The van der Waals surface area contributed by atoms with Gasteiger partial charge in [0.2, 0.25) is 0 Å². The predicted octanol–water partition coefficient (Wildman–Crippen LogP) is 1.37. The number of esters is 1. The zero-order chi connectivity index (χ0) is 12.5. The second-order valence-electron chi connectivity index (χ2n) is 4.20. The lowest BCUT2D eigenvalue weighted by atomic mass is 10.2. The number of nitrogens with zero attached hydrogens (tertiary/aromatic N) is 3. The van der Waals surface area contributed by atoms with Crippen LogP contribution in [0.2, 0.25) is 0 Å². The van der Waals surface area contributed by atoms with E-state index in [1.807, 2.05) is 4.40 Å². The number of hydrogen-bond acceptors (Lipinski definition) is 5. The lowest BCUT2D eigenvalue weighted by Gasteiger charge is -2.07. The molecule has 94 valence electrons. The number of rotatable bonds is 2. The van der Waals surface area contributed by atoms with E-state index in [0.29, 0.717) is 11.2 Å². The van der Waals surface area contributed by atoms with Gasteiger partial charge in [-0.25, -0.2) is 4.79 Å². The van der Waals surface area contributed by atoms with Gasteiger partial charge in [0.05, 0.1) is 12.7 Å². The Labute approximate surface area is 104 Å². The molecule has 1 saturated heterocycles. The Balaban J connectivity index is 2.02. The van der Waals surface area contributed by atoms with Gasteiger partial charge in [0, 0.05) is 12.8 Å². The zero-order valence-electron chi connectivity index (χ0n) is 10.00. The van der Waals surface area contributed by atoms with Crippen molar-refractivity contribution in [2.45, 2.75) is 18.9 Å². The van der Waals surface area contributed by atoms with Gasteiger partial charge < -0.3 is 9.47 Å². The Hall–Kier alpha value is -1.95. The maximum absolute atomic E-state index is 11.4. The normalized spacial score (nSPS) is 19.3. The van der Waals surface area contributed by atoms with E-state index in [1.165, 1.54) is 7.11 Å². The second kappa shape index (κ2) is 4.38. The van der Waals surface area contributed by atoms with Gasteiger partial charge >= 0.3 is 5.97 Å². The minimum Gasteiger partial charge on any atom is -0.465 e. The molecule has 0 spiro atoms. The van der Waals surface area contributed by atoms with Crippen LogP contribution in [-0.4, -0.2) is 34.3 Å². The summed E-state index contributed by atoms with van der Waals surface area (Å²) in [6.07, 6.45) is 3.78. The van der Waals surface area contributed by atoms with Crippen LogP contribution in [0.1, 0.15) is 35.1 Å². The van der Waals surface area contributed by atoms with E-state index >= 15 is 0 Å². The molecule has 1 aliphatic heterocycles. The SMILES string of the molecule is COC(=O)c1ccn2c(C3CCCO3)nnc2c1. The first-order valence-corrected chi connectivity index (χ1v) is 5.84. The van der Waals surface area contributed by atoms with Crippen LogP contribution in [0.15, 0.2) is 18.3 Å². The van der Waals surface area contributed by atoms with Crippen molar-refractivity contribution in [2.24, 2.45) is 0 Å². The molecule has 0 bridgehead atoms. The van der Waals surface area contributed by atoms with E-state index in [2.05, 4.69) is 14.9 Å². The lowest BCUT2D eigenvalue weighted by molar-refractivity contribution is 0.0600. The average Bonchev–Trinajstić information content (AvgIpc) is 3.05. The first kappa shape index (κ1) is 11.2. The van der Waals surface area contributed by atoms with Crippen LogP contribution in [0, 0.1) is 0 Å². The monoisotopic (exact) mass is 247 g/mol. The summed E-state index contributed by atoms with van der Waals surface area (Å²) in [6, 6.07) is 3.36. The molecule has 1 aliphatic rings. The van der Waals surface area contributed by atoms with Crippen molar-refractivity contribution in [3.05, 3.63) is 29.7 Å². The van der Waals surface area contributed by atoms with Gasteiger partial charge in [-0.2, -0.15) is 0 Å². The van der Waals surface area contributed by atoms with Crippen molar-refractivity contribution in [1.29, 1.82) is 0 Å². The molecule has 0 amide bonds. The second-order valence-corrected chi connectivity index (χ2v) is 4.20. The van der Waals surface area contributed by atoms with Crippen LogP contribution in [0.4, 0.5) is 0 Å². The number of aromatic nitrogens is 3. The largest absolute Gasteiger partial charge is 0.465 e. The number of fused-ring (bicyclic) bond motifs is 1. The standard InChI is InChI=1S/C12H13N3O3/c1-17-12(16)8-4-5-15-10(7-8)13-14-11(15)9-3-2-6-18-9/h4-5,7,9H,2-3,6H2,1H3. The highest BCUT2D eigenvalue weighted by molar-refractivity contribution is 5.90. The van der Waals surface area contributed by atoms with Crippen molar-refractivity contribution < 1.29 is 14.3 Å². The third-order valence-electron chi connectivity index (χ3n) is 3.08. The third-order valence-corrected chi connectivity index (χ3v) is 3.08. The molecule has 1 unspecified atom stereocenters. The summed E-state index contributed by atoms with van der Waals surface area (Å²) in [5.74, 6) is 0.415. The fourth-order valence-corrected chi connectivity index (χ4v) is 2.15. The summed E-state index contributed by atoms with van der Waals surface area (Å²) >= 11 is 0. The zero-order valence-corrected chi connectivity index (χ0v) is 10.00. The van der Waals surface area contributed by atoms with E-state index in [0.717, 1.165) is 25.3 Å². The van der Waals surface area contributed by atoms with Crippen molar-refractivity contribution in [1.82, 2.24) is 14.6 Å². The summed E-state index contributed by atoms with van der Waals surface area (Å²) in [6.45, 7) is 0.764. The molecule has 18 heavy (non-hydrogen) atoms. The molecule has 0 saturated carbocycles. The van der Waals surface area contributed by atoms with E-state index in [-0.39, 0.29) is 12.1 Å². The Morgan fingerprint density at radius 3 is 3.17 bits per heavy atom. The maximum Gasteiger partial charge on any atom is 0.338 e. The van der Waals surface area contributed by atoms with E-state index in [9.17, 15) is 4.79 Å². The lowest BCUT2D eigenvalue weighted by Crippen LogP contribution is -2.05. The molecule has 0 radical (unpaired) electrons. The molecule has 6 heteroatoms. The summed E-state index contributed by atoms with van der Waals surface area (Å²) in [7, 11) is 1.36. The Morgan fingerprint density at radius 1 is 1.56 bits per heavy atom. The number of carbonyl (C=O) groups is 1. The van der Waals surface area contributed by atoms with Crippen LogP contribution in [0.25, 0.3) is 5.65 Å². The summed E-state index contributed by atoms with van der Waals surface area (Å²) in [5.41, 5.74) is 1.10. The number of hydrogen-bond donors (Lipinski definition) is 0. The summed E-state index contributed by atoms with van der Waals surface area (Å²) in [4.78, 5) is 11.4. The van der Waals surface area contributed by atoms with Crippen molar-refractivity contribution in [2.75, 3.05) is 13.7 Å². The van der Waals surface area contributed by atoms with Crippen LogP contribution in [0.3, 0.4) is 0 Å². The predicted molar refractivity (Wildman–Crippen MR) is 62.3 cm³/mol. The topological polar surface area (TPSA) is 65.7 Å². The first-order valence-electron chi connectivity index (χ1n) is 5.84. The summed E-state index contributed by atoms with van der Waals surface area (Å²) < 4.78 is 12.1. The van der Waals surface area contributed by atoms with Crippen molar-refractivity contribution in [3.8, 4) is 0 Å². The number of ether oxygens (including phenoxy) is 2. The van der Waals surface area contributed by atoms with Crippen LogP contribution >= 0.6 is 0 Å². The molecule has 0 aliphatic carbocycles. The van der Waals surface area contributed by atoms with Crippen molar-refractivity contribution >= 4 is 11.6 Å². The van der Waals surface area contributed by atoms with Crippen LogP contribution in [-0.2, 0) is 9.47 Å². The fourth-order valence-electron chi connectivity index (χ4n) is 2.15. The van der Waals surface area contributed by atoms with Gasteiger partial charge in [-0.05, 0) is 25.0 Å². The van der Waals surface area contributed by atoms with E-state index in [1.54, 1.807) is 18.3 Å². The van der Waals surface area contributed by atoms with Gasteiger partial charge in [-0.15, -0.1) is 10.2 Å². The summed E-state index contributed by atoms with van der Waals surface area (Å²) in [5, 5.41) is 8.21. The van der Waals surface area contributed by atoms with Gasteiger partial charge in [0.1, 0.15) is 6.10 Å². The molecule has 3 rings (SSSR count). The maximum atomic E-state index is 11.4. The highest BCUT2D eigenvalue weighted by Gasteiger charge is 2.23. The van der Waals surface area contributed by atoms with Gasteiger partial charge in [-0.1, -0.05) is 0 Å². The van der Waals surface area contributed by atoms with Gasteiger partial charge in [0.25, 0.3) is 0 Å². The van der Waals surface area contributed by atoms with Crippen LogP contribution in [0.5, 0.6) is 0 Å². The first-order chi connectivity index (χ1) is 8.79. The van der Waals surface area contributed by atoms with E-state index in [4.69, 9.17) is 4.74 Å². The smallest absolute Gasteiger partial charge is 0.338 e. The molecule has 1 atom stereocenters. The molecule has 6 nitrogen and oxygen atoms in total. The Bertz CT molecular complexity index is 587. The molecule has 0 N–H and O–H groups in total. The fraction of sp³-hybridized carbons (Fsp3) is 0.417. The molecular formula is C12H13N3O3. The van der Waals surface area contributed by atoms with Crippen LogP contribution < -0.4 is 0 Å². The molecule has 1 fully saturated rings. The Kier molecular flexibility index (Phi) is 2.71. The minimum absolute atomic E-state index is 0.00368. The number of carbonyl (C=O) groups excluding carboxylic acids is 1. The molecule has 2 aromatic rings. The highest BCUT2D eigenvalue weighted by atomic mass is 16.5. The van der Waals surface area contributed by atoms with Crippen molar-refractivity contribution in [3.63, 3.8) is 0 Å². The quantitative estimate of drug-likeness (QED) is 0.750. The highest BCUT2D eigenvalue weighted by Crippen LogP contribution is 2.27. The molecule has 2 aromatic heterocycles. The average molecular weight is 247 g/mol. The molecule has 0 aromatic carbocycles. The number of methoxy groups -OCH3 is 1. The molecular weight excluding hydrogens is 234 g/mol. The van der Waals surface area contributed by atoms with Gasteiger partial charge in [0.15, 0.2) is 11.5 Å². The minimum atomic E-state index is -0.376. The Morgan fingerprint density at radius 2 is 2.44 bits per heavy atom. The number of pyridine rings is 1. The third kappa shape index (κ3) is 1.74.